The number of nitrogens with zero attached hydrogens (tertiary/aromatic N) is 4. The maximum Gasteiger partial charge on any atom is 0.341 e. The van der Waals surface area contributed by atoms with E-state index >= 15 is 0 Å². The molecule has 3 aromatic rings. The summed E-state index contributed by atoms with van der Waals surface area (Å²) in [5, 5.41) is 22.8. The molecule has 0 aliphatic rings. The van der Waals surface area contributed by atoms with Gasteiger partial charge in [-0.1, -0.05) is 23.2 Å². The van der Waals surface area contributed by atoms with E-state index in [9.17, 15) is 14.4 Å². The number of H-pyrrole nitrogens is 1. The highest BCUT2D eigenvalue weighted by Crippen LogP contribution is 2.32. The molecule has 0 fully saturated rings. The average molecular weight is 397 g/mol. The van der Waals surface area contributed by atoms with Crippen molar-refractivity contribution in [2.45, 2.75) is 13.1 Å². The van der Waals surface area contributed by atoms with Gasteiger partial charge < -0.3 is 15.4 Å². The summed E-state index contributed by atoms with van der Waals surface area (Å²) < 4.78 is 1.23. The minimum Gasteiger partial charge on any atom is -0.477 e. The first-order chi connectivity index (χ1) is 12.4. The number of aromatic amines is 1. The lowest BCUT2D eigenvalue weighted by atomic mass is 10.1. The average Bonchev–Trinajstić information content (AvgIpc) is 3.08. The molecule has 2 aromatic heterocycles. The lowest BCUT2D eigenvalue weighted by molar-refractivity contribution is -0.122. The van der Waals surface area contributed by atoms with Crippen molar-refractivity contribution in [3.05, 3.63) is 50.0 Å². The van der Waals surface area contributed by atoms with Crippen molar-refractivity contribution >= 4 is 46.0 Å². The number of pyridine rings is 1. The number of carboxylic acid groups (broad SMARTS) is 1. The van der Waals surface area contributed by atoms with Crippen LogP contribution in [0.2, 0.25) is 10.0 Å². The molecule has 1 aromatic carbocycles. The maximum atomic E-state index is 12.0. The summed E-state index contributed by atoms with van der Waals surface area (Å²) in [5.41, 5.74) is -0.570. The van der Waals surface area contributed by atoms with E-state index in [-0.39, 0.29) is 28.7 Å². The zero-order valence-electron chi connectivity index (χ0n) is 12.9. The SMILES string of the molecule is O=C(Cn1cnnn1)NCc1c(Cl)c(Cl)cc2cc(C(=O)O)c(=O)[nH]c12. The smallest absolute Gasteiger partial charge is 0.341 e. The molecular formula is C14H10Cl2N6O4. The summed E-state index contributed by atoms with van der Waals surface area (Å²) in [4.78, 5) is 37.5. The monoisotopic (exact) mass is 396 g/mol. The van der Waals surface area contributed by atoms with Gasteiger partial charge in [-0.15, -0.1) is 5.10 Å². The van der Waals surface area contributed by atoms with E-state index in [0.29, 0.717) is 10.9 Å². The van der Waals surface area contributed by atoms with Gasteiger partial charge in [-0.3, -0.25) is 9.59 Å². The molecule has 0 saturated heterocycles. The normalized spacial score (nSPS) is 10.8. The van der Waals surface area contributed by atoms with Crippen LogP contribution in [0.3, 0.4) is 0 Å². The second-order valence-corrected chi connectivity index (χ2v) is 6.00. The van der Waals surface area contributed by atoms with Gasteiger partial charge in [0.1, 0.15) is 18.4 Å². The third-order valence-corrected chi connectivity index (χ3v) is 4.35. The molecule has 12 heteroatoms. The number of rotatable bonds is 5. The highest BCUT2D eigenvalue weighted by molar-refractivity contribution is 6.43. The number of nitrogens with one attached hydrogen (secondary N) is 2. The fourth-order valence-electron chi connectivity index (χ4n) is 2.33. The highest BCUT2D eigenvalue weighted by atomic mass is 35.5. The molecule has 2 heterocycles. The van der Waals surface area contributed by atoms with E-state index in [1.54, 1.807) is 0 Å². The topological polar surface area (TPSA) is 143 Å². The minimum absolute atomic E-state index is 0.0424. The first-order valence-corrected chi connectivity index (χ1v) is 7.87. The van der Waals surface area contributed by atoms with Crippen LogP contribution in [0.25, 0.3) is 10.9 Å². The van der Waals surface area contributed by atoms with Crippen molar-refractivity contribution < 1.29 is 14.7 Å². The van der Waals surface area contributed by atoms with Crippen LogP contribution < -0.4 is 10.9 Å². The Balaban J connectivity index is 1.95. The van der Waals surface area contributed by atoms with Gasteiger partial charge in [0.05, 0.1) is 15.6 Å². The number of halogens is 2. The van der Waals surface area contributed by atoms with Crippen molar-refractivity contribution in [1.82, 2.24) is 30.5 Å². The molecular weight excluding hydrogens is 387 g/mol. The van der Waals surface area contributed by atoms with Crippen LogP contribution in [0.15, 0.2) is 23.3 Å². The van der Waals surface area contributed by atoms with E-state index in [1.165, 1.54) is 23.1 Å². The molecule has 0 spiro atoms. The van der Waals surface area contributed by atoms with Crippen molar-refractivity contribution in [3.63, 3.8) is 0 Å². The number of amides is 1. The number of aromatic carboxylic acids is 1. The highest BCUT2D eigenvalue weighted by Gasteiger charge is 2.17. The molecule has 3 rings (SSSR count). The quantitative estimate of drug-likeness (QED) is 0.579. The lowest BCUT2D eigenvalue weighted by Gasteiger charge is -2.12. The fourth-order valence-corrected chi connectivity index (χ4v) is 2.78. The van der Waals surface area contributed by atoms with Gasteiger partial charge in [0.2, 0.25) is 5.91 Å². The predicted octanol–water partition coefficient (Wildman–Crippen LogP) is 0.836. The van der Waals surface area contributed by atoms with Gasteiger partial charge >= 0.3 is 5.97 Å². The molecule has 3 N–H and O–H groups in total. The van der Waals surface area contributed by atoms with E-state index in [1.807, 2.05) is 0 Å². The molecule has 1 amide bonds. The number of aromatic nitrogens is 5. The summed E-state index contributed by atoms with van der Waals surface area (Å²) in [6.07, 6.45) is 1.28. The molecule has 0 aliphatic carbocycles. The Hall–Kier alpha value is -2.98. The van der Waals surface area contributed by atoms with Gasteiger partial charge in [-0.2, -0.15) is 0 Å². The Bertz CT molecular complexity index is 1060. The summed E-state index contributed by atoms with van der Waals surface area (Å²) in [7, 11) is 0. The zero-order chi connectivity index (χ0) is 18.8. The van der Waals surface area contributed by atoms with E-state index in [0.717, 1.165) is 0 Å². The van der Waals surface area contributed by atoms with Crippen LogP contribution in [-0.4, -0.2) is 42.2 Å². The lowest BCUT2D eigenvalue weighted by Crippen LogP contribution is -2.28. The number of carbonyl (C=O) groups excluding carboxylic acids is 1. The van der Waals surface area contributed by atoms with Crippen LogP contribution in [-0.2, 0) is 17.9 Å². The number of carboxylic acids is 1. The fraction of sp³-hybridized carbons (Fsp3) is 0.143. The zero-order valence-corrected chi connectivity index (χ0v) is 14.4. The van der Waals surface area contributed by atoms with Crippen molar-refractivity contribution in [2.24, 2.45) is 0 Å². The van der Waals surface area contributed by atoms with Gasteiger partial charge in [0, 0.05) is 17.5 Å². The third kappa shape index (κ3) is 3.51. The Morgan fingerprint density at radius 3 is 2.73 bits per heavy atom. The number of fused-ring (bicyclic) bond motifs is 1. The molecule has 0 unspecified atom stereocenters. The third-order valence-electron chi connectivity index (χ3n) is 3.52. The Kier molecular flexibility index (Phi) is 4.87. The predicted molar refractivity (Wildman–Crippen MR) is 91.2 cm³/mol. The molecule has 0 saturated carbocycles. The Morgan fingerprint density at radius 2 is 2.08 bits per heavy atom. The molecule has 0 atom stereocenters. The first kappa shape index (κ1) is 17.8. The van der Waals surface area contributed by atoms with Crippen molar-refractivity contribution in [3.8, 4) is 0 Å². The maximum absolute atomic E-state index is 12.0. The van der Waals surface area contributed by atoms with Crippen molar-refractivity contribution in [2.75, 3.05) is 0 Å². The molecule has 134 valence electrons. The minimum atomic E-state index is -1.37. The molecule has 0 aliphatic heterocycles. The van der Waals surface area contributed by atoms with Crippen LogP contribution in [0, 0.1) is 0 Å². The van der Waals surface area contributed by atoms with Gasteiger partial charge in [0.15, 0.2) is 0 Å². The molecule has 26 heavy (non-hydrogen) atoms. The van der Waals surface area contributed by atoms with Crippen molar-refractivity contribution in [1.29, 1.82) is 0 Å². The Morgan fingerprint density at radius 1 is 1.31 bits per heavy atom. The van der Waals surface area contributed by atoms with Gasteiger partial charge in [-0.05, 0) is 22.6 Å². The van der Waals surface area contributed by atoms with E-state index in [2.05, 4.69) is 25.8 Å². The van der Waals surface area contributed by atoms with Crippen LogP contribution in [0.5, 0.6) is 0 Å². The molecule has 0 radical (unpaired) electrons. The number of hydrogen-bond acceptors (Lipinski definition) is 6. The summed E-state index contributed by atoms with van der Waals surface area (Å²) in [6.45, 7) is -0.151. The number of tetrazole rings is 1. The summed E-state index contributed by atoms with van der Waals surface area (Å²) in [5.74, 6) is -1.76. The second-order valence-electron chi connectivity index (χ2n) is 5.22. The van der Waals surface area contributed by atoms with Gasteiger partial charge in [0.25, 0.3) is 5.56 Å². The first-order valence-electron chi connectivity index (χ1n) is 7.11. The van der Waals surface area contributed by atoms with E-state index in [4.69, 9.17) is 28.3 Å². The number of hydrogen-bond donors (Lipinski definition) is 3. The summed E-state index contributed by atoms with van der Waals surface area (Å²) in [6, 6.07) is 2.64. The summed E-state index contributed by atoms with van der Waals surface area (Å²) >= 11 is 12.3. The van der Waals surface area contributed by atoms with E-state index < -0.39 is 23.0 Å². The molecule has 10 nitrogen and oxygen atoms in total. The molecule has 0 bridgehead atoms. The van der Waals surface area contributed by atoms with Crippen LogP contribution in [0.4, 0.5) is 0 Å². The van der Waals surface area contributed by atoms with Crippen LogP contribution >= 0.6 is 23.2 Å². The number of benzene rings is 1. The standard InChI is InChI=1S/C14H10Cl2N6O4/c15-9-2-6-1-7(14(25)26)13(24)19-12(6)8(11(9)16)3-17-10(23)4-22-5-18-20-21-22/h1-2,5H,3-4H2,(H,17,23)(H,19,24)(H,25,26). The van der Waals surface area contributed by atoms with Gasteiger partial charge in [-0.25, -0.2) is 9.48 Å². The largest absolute Gasteiger partial charge is 0.477 e. The van der Waals surface area contributed by atoms with Crippen LogP contribution in [0.1, 0.15) is 15.9 Å². The second kappa shape index (κ2) is 7.10. The number of carbonyl (C=O) groups is 2. The Labute approximate surface area is 154 Å².